The molecule has 33 heavy (non-hydrogen) atoms. The highest BCUT2D eigenvalue weighted by Gasteiger charge is 2.61. The van der Waals surface area contributed by atoms with Gasteiger partial charge in [0.25, 0.3) is 0 Å². The van der Waals surface area contributed by atoms with Gasteiger partial charge in [-0.1, -0.05) is 59.8 Å². The molecule has 4 aliphatic carbocycles. The van der Waals surface area contributed by atoms with E-state index in [-0.39, 0.29) is 34.9 Å². The summed E-state index contributed by atoms with van der Waals surface area (Å²) in [5.74, 6) is 2.06. The van der Waals surface area contributed by atoms with E-state index in [9.17, 15) is 15.0 Å². The van der Waals surface area contributed by atoms with Crippen LogP contribution < -0.4 is 0 Å². The molecule has 0 amide bonds. The van der Waals surface area contributed by atoms with E-state index in [2.05, 4.69) is 53.7 Å². The Morgan fingerprint density at radius 1 is 1.12 bits per heavy atom. The van der Waals surface area contributed by atoms with Crippen molar-refractivity contribution >= 4 is 5.78 Å². The number of rotatable bonds is 6. The van der Waals surface area contributed by atoms with Gasteiger partial charge in [-0.2, -0.15) is 0 Å². The molecule has 2 N–H and O–H groups in total. The highest BCUT2D eigenvalue weighted by atomic mass is 16.3. The molecule has 0 spiro atoms. The number of aliphatic hydroxyl groups excluding tert-OH is 2. The maximum atomic E-state index is 12.8. The average Bonchev–Trinajstić information content (AvgIpc) is 3.06. The molecule has 3 nitrogen and oxygen atoms in total. The Balaban J connectivity index is 1.60. The Morgan fingerprint density at radius 2 is 1.82 bits per heavy atom. The van der Waals surface area contributed by atoms with Crippen LogP contribution in [0.25, 0.3) is 0 Å². The zero-order chi connectivity index (χ0) is 24.2. The van der Waals surface area contributed by atoms with Crippen molar-refractivity contribution in [3.8, 4) is 0 Å². The summed E-state index contributed by atoms with van der Waals surface area (Å²) in [7, 11) is 0. The highest BCUT2D eigenvalue weighted by molar-refractivity contribution is 5.86. The lowest BCUT2D eigenvalue weighted by Gasteiger charge is -2.58. The Labute approximate surface area is 201 Å². The van der Waals surface area contributed by atoms with E-state index in [1.165, 1.54) is 12.8 Å². The van der Waals surface area contributed by atoms with Crippen LogP contribution in [0.3, 0.4) is 0 Å². The van der Waals surface area contributed by atoms with Crippen LogP contribution >= 0.6 is 0 Å². The zero-order valence-electron chi connectivity index (χ0n) is 21.8. The van der Waals surface area contributed by atoms with Crippen molar-refractivity contribution < 1.29 is 15.0 Å². The molecule has 3 heteroatoms. The van der Waals surface area contributed by atoms with Crippen molar-refractivity contribution in [1.82, 2.24) is 0 Å². The van der Waals surface area contributed by atoms with Crippen LogP contribution in [-0.2, 0) is 4.79 Å². The minimum Gasteiger partial charge on any atom is -0.392 e. The maximum Gasteiger partial charge on any atom is 0.138 e. The summed E-state index contributed by atoms with van der Waals surface area (Å²) in [6.07, 6.45) is 15.6. The summed E-state index contributed by atoms with van der Waals surface area (Å²) >= 11 is 0. The summed E-state index contributed by atoms with van der Waals surface area (Å²) in [6, 6.07) is 0. The van der Waals surface area contributed by atoms with Gasteiger partial charge in [0.05, 0.1) is 13.2 Å². The Bertz CT molecular complexity index is 886. The first kappa shape index (κ1) is 24.9. The quantitative estimate of drug-likeness (QED) is 0.456. The molecule has 0 aromatic carbocycles. The van der Waals surface area contributed by atoms with E-state index in [0.717, 1.165) is 44.1 Å². The summed E-state index contributed by atoms with van der Waals surface area (Å²) in [6.45, 7) is 14.2. The minimum absolute atomic E-state index is 0.0498. The summed E-state index contributed by atoms with van der Waals surface area (Å²) in [5.41, 5.74) is 4.35. The molecular formula is C30H46O3. The third kappa shape index (κ3) is 3.56. The molecule has 0 aromatic rings. The number of hydrogen-bond acceptors (Lipinski definition) is 3. The molecule has 184 valence electrons. The number of allylic oxidation sites excluding steroid dienone is 5. The van der Waals surface area contributed by atoms with E-state index < -0.39 is 0 Å². The Hall–Kier alpha value is -1.19. The van der Waals surface area contributed by atoms with Crippen molar-refractivity contribution in [2.24, 2.45) is 39.4 Å². The zero-order valence-corrected chi connectivity index (χ0v) is 21.8. The second-order valence-corrected chi connectivity index (χ2v) is 12.9. The van der Waals surface area contributed by atoms with Crippen LogP contribution in [0, 0.1) is 39.4 Å². The lowest BCUT2D eigenvalue weighted by molar-refractivity contribution is -0.138. The maximum absolute atomic E-state index is 12.8. The van der Waals surface area contributed by atoms with Gasteiger partial charge < -0.3 is 10.2 Å². The number of ketones is 1. The average molecular weight is 455 g/mol. The normalized spacial score (nSPS) is 40.2. The first-order valence-corrected chi connectivity index (χ1v) is 13.3. The van der Waals surface area contributed by atoms with Crippen LogP contribution in [0.2, 0.25) is 0 Å². The number of Topliss-reactive ketones (excluding diaryl/α,β-unsaturated/α-hetero) is 1. The van der Waals surface area contributed by atoms with Gasteiger partial charge in [-0.3, -0.25) is 4.79 Å². The molecule has 0 aromatic heterocycles. The smallest absolute Gasteiger partial charge is 0.138 e. The largest absolute Gasteiger partial charge is 0.392 e. The number of fused-ring (bicyclic) bond motifs is 5. The fourth-order valence-electron chi connectivity index (χ4n) is 8.58. The molecular weight excluding hydrogens is 408 g/mol. The molecule has 6 unspecified atom stereocenters. The van der Waals surface area contributed by atoms with Crippen LogP contribution in [0.15, 0.2) is 34.9 Å². The van der Waals surface area contributed by atoms with Crippen molar-refractivity contribution in [3.63, 3.8) is 0 Å². The first-order chi connectivity index (χ1) is 15.5. The van der Waals surface area contributed by atoms with Crippen LogP contribution in [0.4, 0.5) is 0 Å². The van der Waals surface area contributed by atoms with Crippen LogP contribution in [0.5, 0.6) is 0 Å². The molecule has 4 rings (SSSR count). The molecule has 0 radical (unpaired) electrons. The van der Waals surface area contributed by atoms with Crippen molar-refractivity contribution in [1.29, 1.82) is 0 Å². The number of hydrogen-bond donors (Lipinski definition) is 2. The van der Waals surface area contributed by atoms with Gasteiger partial charge in [0, 0.05) is 11.8 Å². The fraction of sp³-hybridized carbons (Fsp3) is 0.767. The minimum atomic E-state index is -0.231. The number of carbonyl (C=O) groups is 1. The van der Waals surface area contributed by atoms with Gasteiger partial charge >= 0.3 is 0 Å². The summed E-state index contributed by atoms with van der Waals surface area (Å²) in [5, 5.41) is 18.7. The highest BCUT2D eigenvalue weighted by Crippen LogP contribution is 2.70. The number of aliphatic hydroxyl groups is 2. The fourth-order valence-corrected chi connectivity index (χ4v) is 8.58. The monoisotopic (exact) mass is 454 g/mol. The lowest BCUT2D eigenvalue weighted by atomic mass is 9.46. The van der Waals surface area contributed by atoms with Gasteiger partial charge in [0.1, 0.15) is 5.78 Å². The van der Waals surface area contributed by atoms with Crippen LogP contribution in [0.1, 0.15) is 92.9 Å². The molecule has 2 fully saturated rings. The molecule has 4 aliphatic rings. The van der Waals surface area contributed by atoms with E-state index >= 15 is 0 Å². The predicted octanol–water partition coefficient (Wildman–Crippen LogP) is 6.41. The first-order valence-electron chi connectivity index (χ1n) is 13.3. The van der Waals surface area contributed by atoms with Crippen molar-refractivity contribution in [2.45, 2.75) is 92.9 Å². The van der Waals surface area contributed by atoms with E-state index in [4.69, 9.17) is 0 Å². The van der Waals surface area contributed by atoms with Crippen LogP contribution in [-0.4, -0.2) is 29.2 Å². The van der Waals surface area contributed by atoms with Crippen molar-refractivity contribution in [3.05, 3.63) is 34.9 Å². The topological polar surface area (TPSA) is 57.5 Å². The van der Waals surface area contributed by atoms with Gasteiger partial charge in [-0.05, 0) is 95.7 Å². The Morgan fingerprint density at radius 3 is 2.48 bits per heavy atom. The molecule has 2 saturated carbocycles. The van der Waals surface area contributed by atoms with E-state index in [1.54, 1.807) is 11.1 Å². The summed E-state index contributed by atoms with van der Waals surface area (Å²) < 4.78 is 0. The predicted molar refractivity (Wildman–Crippen MR) is 135 cm³/mol. The molecule has 0 heterocycles. The number of carbonyl (C=O) groups excluding carboxylic acids is 1. The second-order valence-electron chi connectivity index (χ2n) is 12.9. The van der Waals surface area contributed by atoms with Crippen molar-refractivity contribution in [2.75, 3.05) is 13.2 Å². The second kappa shape index (κ2) is 8.48. The molecule has 0 saturated heterocycles. The van der Waals surface area contributed by atoms with Gasteiger partial charge in [-0.15, -0.1) is 0 Å². The SMILES string of the molecule is CC(CCC=C(CO)CO)C1(C)CCC2C3=CCC4C(C)(C)C(=O)CCC4(C)C3=CCC21C. The van der Waals surface area contributed by atoms with Gasteiger partial charge in [-0.25, -0.2) is 0 Å². The molecule has 0 aliphatic heterocycles. The third-order valence-corrected chi connectivity index (χ3v) is 11.4. The summed E-state index contributed by atoms with van der Waals surface area (Å²) in [4.78, 5) is 12.8. The van der Waals surface area contributed by atoms with E-state index in [0.29, 0.717) is 23.5 Å². The van der Waals surface area contributed by atoms with E-state index in [1.807, 2.05) is 6.08 Å². The lowest BCUT2D eigenvalue weighted by Crippen LogP contribution is -2.52. The van der Waals surface area contributed by atoms with Gasteiger partial charge in [0.15, 0.2) is 0 Å². The Kier molecular flexibility index (Phi) is 6.41. The molecule has 6 atom stereocenters. The third-order valence-electron chi connectivity index (χ3n) is 11.4. The standard InChI is InChI=1S/C30H46O3/c1-20(8-7-9-21(18-31)19-32)29(5)16-13-24-22-10-11-25-27(2,3)26(33)14-15-28(25,4)23(22)12-17-30(24,29)6/h9-10,12,20,24-25,31-32H,7-8,11,13-19H2,1-6H3. The molecule has 0 bridgehead atoms. The van der Waals surface area contributed by atoms with Gasteiger partial charge in [0.2, 0.25) is 0 Å².